The van der Waals surface area contributed by atoms with Gasteiger partial charge in [0.25, 0.3) is 0 Å². The fraction of sp³-hybridized carbons (Fsp3) is 0.235. The van der Waals surface area contributed by atoms with Gasteiger partial charge in [0, 0.05) is 0 Å². The Balaban J connectivity index is 1.55. The van der Waals surface area contributed by atoms with Gasteiger partial charge in [-0.2, -0.15) is 0 Å². The number of hydrogen-bond donors (Lipinski definition) is 2. The molecule has 4 nitrogen and oxygen atoms in total. The Kier molecular flexibility index (Phi) is 4.17. The summed E-state index contributed by atoms with van der Waals surface area (Å²) in [6.07, 6.45) is 0.699. The molecule has 1 unspecified atom stereocenters. The maximum absolute atomic E-state index is 11.5. The second-order valence-electron chi connectivity index (χ2n) is 5.10. The van der Waals surface area contributed by atoms with Crippen LogP contribution in [-0.2, 0) is 17.8 Å². The first kappa shape index (κ1) is 13.6. The molecule has 0 saturated carbocycles. The van der Waals surface area contributed by atoms with Crippen molar-refractivity contribution < 1.29 is 9.53 Å². The van der Waals surface area contributed by atoms with E-state index in [1.54, 1.807) is 0 Å². The quantitative estimate of drug-likeness (QED) is 0.880. The minimum atomic E-state index is -0.124. The SMILES string of the molecule is O=C1NCNC1Cc1ccc(OCc2ccccc2)cc1. The van der Waals surface area contributed by atoms with E-state index in [2.05, 4.69) is 10.6 Å². The van der Waals surface area contributed by atoms with Gasteiger partial charge in [0.15, 0.2) is 0 Å². The molecular weight excluding hydrogens is 264 g/mol. The predicted molar refractivity (Wildman–Crippen MR) is 80.9 cm³/mol. The highest BCUT2D eigenvalue weighted by atomic mass is 16.5. The van der Waals surface area contributed by atoms with Crippen LogP contribution in [-0.4, -0.2) is 18.6 Å². The van der Waals surface area contributed by atoms with Gasteiger partial charge in [0.2, 0.25) is 5.91 Å². The number of amides is 1. The summed E-state index contributed by atoms with van der Waals surface area (Å²) in [7, 11) is 0. The summed E-state index contributed by atoms with van der Waals surface area (Å²) in [6.45, 7) is 1.12. The maximum Gasteiger partial charge on any atom is 0.238 e. The van der Waals surface area contributed by atoms with Crippen LogP contribution >= 0.6 is 0 Å². The Morgan fingerprint density at radius 2 is 1.76 bits per heavy atom. The van der Waals surface area contributed by atoms with Gasteiger partial charge in [-0.05, 0) is 29.7 Å². The van der Waals surface area contributed by atoms with Gasteiger partial charge in [0.1, 0.15) is 12.4 Å². The zero-order valence-electron chi connectivity index (χ0n) is 11.7. The Bertz CT molecular complexity index is 596. The fourth-order valence-electron chi connectivity index (χ4n) is 2.34. The molecule has 0 aromatic heterocycles. The highest BCUT2D eigenvalue weighted by Gasteiger charge is 2.23. The van der Waals surface area contributed by atoms with Crippen LogP contribution < -0.4 is 15.4 Å². The van der Waals surface area contributed by atoms with Gasteiger partial charge >= 0.3 is 0 Å². The number of rotatable bonds is 5. The van der Waals surface area contributed by atoms with Crippen molar-refractivity contribution in [1.29, 1.82) is 0 Å². The van der Waals surface area contributed by atoms with Crippen molar-refractivity contribution in [1.82, 2.24) is 10.6 Å². The van der Waals surface area contributed by atoms with Crippen LogP contribution in [0.25, 0.3) is 0 Å². The molecule has 3 rings (SSSR count). The number of benzene rings is 2. The lowest BCUT2D eigenvalue weighted by Gasteiger charge is -2.09. The summed E-state index contributed by atoms with van der Waals surface area (Å²) in [6, 6.07) is 17.9. The Morgan fingerprint density at radius 1 is 1.00 bits per heavy atom. The summed E-state index contributed by atoms with van der Waals surface area (Å²) in [5, 5.41) is 5.89. The van der Waals surface area contributed by atoms with Gasteiger partial charge in [-0.1, -0.05) is 42.5 Å². The van der Waals surface area contributed by atoms with E-state index < -0.39 is 0 Å². The first-order valence-electron chi connectivity index (χ1n) is 7.08. The van der Waals surface area contributed by atoms with Crippen LogP contribution in [0.3, 0.4) is 0 Å². The average Bonchev–Trinajstić information content (AvgIpc) is 2.93. The van der Waals surface area contributed by atoms with Crippen molar-refractivity contribution in [3.63, 3.8) is 0 Å². The molecule has 1 fully saturated rings. The highest BCUT2D eigenvalue weighted by Crippen LogP contribution is 2.15. The molecule has 1 aliphatic heterocycles. The molecule has 2 aromatic rings. The molecule has 21 heavy (non-hydrogen) atoms. The molecule has 1 aliphatic rings. The van der Waals surface area contributed by atoms with E-state index in [4.69, 9.17) is 4.74 Å². The molecule has 108 valence electrons. The van der Waals surface area contributed by atoms with Crippen LogP contribution in [0.15, 0.2) is 54.6 Å². The summed E-state index contributed by atoms with van der Waals surface area (Å²) in [5.74, 6) is 0.908. The van der Waals surface area contributed by atoms with E-state index in [0.29, 0.717) is 19.7 Å². The Morgan fingerprint density at radius 3 is 2.43 bits per heavy atom. The Labute approximate surface area is 124 Å². The molecule has 4 heteroatoms. The van der Waals surface area contributed by atoms with Crippen molar-refractivity contribution >= 4 is 5.91 Å². The van der Waals surface area contributed by atoms with Gasteiger partial charge in [-0.15, -0.1) is 0 Å². The fourth-order valence-corrected chi connectivity index (χ4v) is 2.34. The van der Waals surface area contributed by atoms with Crippen LogP contribution in [0.4, 0.5) is 0 Å². The highest BCUT2D eigenvalue weighted by molar-refractivity contribution is 5.83. The van der Waals surface area contributed by atoms with Crippen molar-refractivity contribution in [2.75, 3.05) is 6.67 Å². The van der Waals surface area contributed by atoms with Crippen molar-refractivity contribution in [3.8, 4) is 5.75 Å². The minimum absolute atomic E-state index is 0.0689. The second kappa shape index (κ2) is 6.41. The van der Waals surface area contributed by atoms with Gasteiger partial charge in [-0.25, -0.2) is 0 Å². The standard InChI is InChI=1S/C17H18N2O2/c20-17-16(18-12-19-17)10-13-6-8-15(9-7-13)21-11-14-4-2-1-3-5-14/h1-9,16,18H,10-12H2,(H,19,20). The molecule has 0 aliphatic carbocycles. The third-order valence-corrected chi connectivity index (χ3v) is 3.54. The predicted octanol–water partition coefficient (Wildman–Crippen LogP) is 1.85. The number of carbonyl (C=O) groups is 1. The molecule has 1 atom stereocenters. The van der Waals surface area contributed by atoms with Crippen LogP contribution in [0.5, 0.6) is 5.75 Å². The summed E-state index contributed by atoms with van der Waals surface area (Å²) >= 11 is 0. The molecule has 0 radical (unpaired) electrons. The van der Waals surface area contributed by atoms with Crippen molar-refractivity contribution in [2.45, 2.75) is 19.1 Å². The third-order valence-electron chi connectivity index (χ3n) is 3.54. The molecule has 0 spiro atoms. The first-order valence-corrected chi connectivity index (χ1v) is 7.08. The normalized spacial score (nSPS) is 17.5. The topological polar surface area (TPSA) is 50.4 Å². The second-order valence-corrected chi connectivity index (χ2v) is 5.10. The maximum atomic E-state index is 11.5. The summed E-state index contributed by atoms with van der Waals surface area (Å²) in [5.41, 5.74) is 2.27. The number of carbonyl (C=O) groups excluding carboxylic acids is 1. The van der Waals surface area contributed by atoms with Gasteiger partial charge in [0.05, 0.1) is 12.7 Å². The zero-order valence-corrected chi connectivity index (χ0v) is 11.7. The van der Waals surface area contributed by atoms with Crippen LogP contribution in [0, 0.1) is 0 Å². The van der Waals surface area contributed by atoms with Crippen molar-refractivity contribution in [2.24, 2.45) is 0 Å². The van der Waals surface area contributed by atoms with E-state index >= 15 is 0 Å². The van der Waals surface area contributed by atoms with E-state index in [1.165, 1.54) is 0 Å². The molecule has 1 heterocycles. The number of hydrogen-bond acceptors (Lipinski definition) is 3. The lowest BCUT2D eigenvalue weighted by Crippen LogP contribution is -2.30. The smallest absolute Gasteiger partial charge is 0.238 e. The minimum Gasteiger partial charge on any atom is -0.489 e. The molecule has 1 saturated heterocycles. The number of nitrogens with one attached hydrogen (secondary N) is 2. The Hall–Kier alpha value is -2.33. The van der Waals surface area contributed by atoms with E-state index in [9.17, 15) is 4.79 Å². The molecule has 1 amide bonds. The molecule has 0 bridgehead atoms. The first-order chi connectivity index (χ1) is 10.3. The largest absolute Gasteiger partial charge is 0.489 e. The third kappa shape index (κ3) is 3.61. The number of ether oxygens (including phenoxy) is 1. The lowest BCUT2D eigenvalue weighted by atomic mass is 10.1. The average molecular weight is 282 g/mol. The molecule has 2 N–H and O–H groups in total. The summed E-state index contributed by atoms with van der Waals surface area (Å²) in [4.78, 5) is 11.5. The monoisotopic (exact) mass is 282 g/mol. The molecule has 2 aromatic carbocycles. The lowest BCUT2D eigenvalue weighted by molar-refractivity contribution is -0.120. The van der Waals surface area contributed by atoms with Gasteiger partial charge < -0.3 is 10.1 Å². The summed E-state index contributed by atoms with van der Waals surface area (Å²) < 4.78 is 5.74. The zero-order chi connectivity index (χ0) is 14.5. The van der Waals surface area contributed by atoms with E-state index in [1.807, 2.05) is 54.6 Å². The van der Waals surface area contributed by atoms with Gasteiger partial charge in [-0.3, -0.25) is 10.1 Å². The molecular formula is C17H18N2O2. The van der Waals surface area contributed by atoms with E-state index in [0.717, 1.165) is 16.9 Å². The van der Waals surface area contributed by atoms with Crippen molar-refractivity contribution in [3.05, 3.63) is 65.7 Å². The van der Waals surface area contributed by atoms with Crippen LogP contribution in [0.2, 0.25) is 0 Å². The van der Waals surface area contributed by atoms with E-state index in [-0.39, 0.29) is 11.9 Å². The van der Waals surface area contributed by atoms with Crippen LogP contribution in [0.1, 0.15) is 11.1 Å².